The topological polar surface area (TPSA) is 87.7 Å². The minimum atomic E-state index is -0.908. The van der Waals surface area contributed by atoms with Crippen molar-refractivity contribution in [3.8, 4) is 0 Å². The molecule has 39 heavy (non-hydrogen) atoms. The van der Waals surface area contributed by atoms with E-state index < -0.39 is 23.8 Å². The first-order valence-electron chi connectivity index (χ1n) is 13.7. The van der Waals surface area contributed by atoms with E-state index in [1.54, 1.807) is 31.7 Å². The molecule has 2 aromatic carbocycles. The second kappa shape index (κ2) is 12.9. The lowest BCUT2D eigenvalue weighted by atomic mass is 9.86. The Balaban J connectivity index is 2.06. The van der Waals surface area contributed by atoms with Gasteiger partial charge in [0.05, 0.1) is 10.7 Å². The van der Waals surface area contributed by atoms with Crippen LogP contribution in [0.4, 0.5) is 10.5 Å². The second-order valence-electron chi connectivity index (χ2n) is 11.8. The lowest BCUT2D eigenvalue weighted by Crippen LogP contribution is -2.57. The van der Waals surface area contributed by atoms with Gasteiger partial charge in [-0.1, -0.05) is 61.8 Å². The molecule has 0 heterocycles. The Morgan fingerprint density at radius 2 is 1.67 bits per heavy atom. The van der Waals surface area contributed by atoms with Gasteiger partial charge < -0.3 is 20.3 Å². The standard InChI is InChI=1S/C31H42ClN3O4/c1-19(2)18-25(33-30(38)39-31(5,6)7)29(37)35(22-14-11-15-22)27(23-16-9-8-12-20(23)3)28(36)34-26-21(4)13-10-17-24(26)32/h8-10,12-13,16-17,19,22,25,27H,11,14-15,18H2,1-7H3,(H,33,38)(H,34,36). The summed E-state index contributed by atoms with van der Waals surface area (Å²) in [6, 6.07) is 11.2. The number of para-hydroxylation sites is 1. The van der Waals surface area contributed by atoms with Gasteiger partial charge in [-0.3, -0.25) is 9.59 Å². The summed E-state index contributed by atoms with van der Waals surface area (Å²) < 4.78 is 5.48. The van der Waals surface area contributed by atoms with Crippen molar-refractivity contribution in [3.63, 3.8) is 0 Å². The predicted octanol–water partition coefficient (Wildman–Crippen LogP) is 6.96. The van der Waals surface area contributed by atoms with Crippen LogP contribution in [0, 0.1) is 19.8 Å². The third kappa shape index (κ3) is 7.98. The zero-order chi connectivity index (χ0) is 28.9. The minimum Gasteiger partial charge on any atom is -0.444 e. The van der Waals surface area contributed by atoms with Gasteiger partial charge in [0.1, 0.15) is 17.7 Å². The molecule has 0 aromatic heterocycles. The third-order valence-corrected chi connectivity index (χ3v) is 7.21. The fourth-order valence-corrected chi connectivity index (χ4v) is 5.07. The molecule has 2 unspecified atom stereocenters. The highest BCUT2D eigenvalue weighted by atomic mass is 35.5. The summed E-state index contributed by atoms with van der Waals surface area (Å²) in [5.41, 5.74) is 2.27. The Bertz CT molecular complexity index is 1170. The van der Waals surface area contributed by atoms with Crippen molar-refractivity contribution in [2.75, 3.05) is 5.32 Å². The third-order valence-electron chi connectivity index (χ3n) is 6.90. The van der Waals surface area contributed by atoms with E-state index in [1.807, 2.05) is 64.1 Å². The van der Waals surface area contributed by atoms with Crippen molar-refractivity contribution in [3.05, 3.63) is 64.2 Å². The molecule has 2 aromatic rings. The summed E-state index contributed by atoms with van der Waals surface area (Å²) in [7, 11) is 0. The van der Waals surface area contributed by atoms with E-state index in [0.717, 1.165) is 36.0 Å². The predicted molar refractivity (Wildman–Crippen MR) is 156 cm³/mol. The van der Waals surface area contributed by atoms with Crippen LogP contribution in [0.1, 0.15) is 83.0 Å². The summed E-state index contributed by atoms with van der Waals surface area (Å²) in [5.74, 6) is -0.520. The van der Waals surface area contributed by atoms with Crippen LogP contribution >= 0.6 is 11.6 Å². The maximum Gasteiger partial charge on any atom is 0.408 e. The van der Waals surface area contributed by atoms with Crippen LogP contribution in [0.15, 0.2) is 42.5 Å². The first kappa shape index (κ1) is 30.5. The number of carbonyl (C=O) groups is 3. The molecular formula is C31H42ClN3O4. The summed E-state index contributed by atoms with van der Waals surface area (Å²) >= 11 is 6.46. The molecule has 212 valence electrons. The van der Waals surface area contributed by atoms with Gasteiger partial charge in [0.25, 0.3) is 5.91 Å². The molecule has 2 atom stereocenters. The summed E-state index contributed by atoms with van der Waals surface area (Å²) in [5, 5.41) is 6.26. The zero-order valence-corrected chi connectivity index (χ0v) is 24.9. The molecule has 0 saturated heterocycles. The number of amides is 3. The average Bonchev–Trinajstić information content (AvgIpc) is 2.78. The van der Waals surface area contributed by atoms with Crippen LogP contribution in [0.2, 0.25) is 5.02 Å². The van der Waals surface area contributed by atoms with Crippen molar-refractivity contribution in [1.29, 1.82) is 0 Å². The largest absolute Gasteiger partial charge is 0.444 e. The highest BCUT2D eigenvalue weighted by Gasteiger charge is 2.42. The second-order valence-corrected chi connectivity index (χ2v) is 12.2. The van der Waals surface area contributed by atoms with Crippen LogP contribution in [0.5, 0.6) is 0 Å². The number of aryl methyl sites for hydroxylation is 2. The number of halogens is 1. The molecule has 0 spiro atoms. The Kier molecular flexibility index (Phi) is 10.1. The summed E-state index contributed by atoms with van der Waals surface area (Å²) in [6.07, 6.45) is 2.29. The Morgan fingerprint density at radius 3 is 2.21 bits per heavy atom. The van der Waals surface area contributed by atoms with Crippen LogP contribution in [-0.4, -0.2) is 40.5 Å². The van der Waals surface area contributed by atoms with E-state index in [1.165, 1.54) is 0 Å². The molecule has 1 aliphatic carbocycles. The van der Waals surface area contributed by atoms with Crippen LogP contribution in [0.3, 0.4) is 0 Å². The molecule has 0 radical (unpaired) electrons. The molecule has 1 aliphatic rings. The maximum absolute atomic E-state index is 14.4. The van der Waals surface area contributed by atoms with Gasteiger partial charge >= 0.3 is 6.09 Å². The lowest BCUT2D eigenvalue weighted by molar-refractivity contribution is -0.146. The van der Waals surface area contributed by atoms with E-state index in [2.05, 4.69) is 10.6 Å². The number of hydrogen-bond acceptors (Lipinski definition) is 4. The van der Waals surface area contributed by atoms with Gasteiger partial charge in [-0.25, -0.2) is 4.79 Å². The minimum absolute atomic E-state index is 0.119. The highest BCUT2D eigenvalue weighted by molar-refractivity contribution is 6.34. The van der Waals surface area contributed by atoms with E-state index in [-0.39, 0.29) is 23.8 Å². The molecule has 3 amide bonds. The smallest absolute Gasteiger partial charge is 0.408 e. The Labute approximate surface area is 237 Å². The van der Waals surface area contributed by atoms with Crippen LogP contribution < -0.4 is 10.6 Å². The van der Waals surface area contributed by atoms with Gasteiger partial charge in [0.15, 0.2) is 0 Å². The van der Waals surface area contributed by atoms with Crippen molar-refractivity contribution in [2.24, 2.45) is 5.92 Å². The van der Waals surface area contributed by atoms with Crippen LogP contribution in [0.25, 0.3) is 0 Å². The van der Waals surface area contributed by atoms with E-state index in [4.69, 9.17) is 16.3 Å². The van der Waals surface area contributed by atoms with E-state index in [0.29, 0.717) is 17.1 Å². The Hall–Kier alpha value is -3.06. The van der Waals surface area contributed by atoms with Gasteiger partial charge in [0.2, 0.25) is 5.91 Å². The molecule has 0 bridgehead atoms. The molecule has 2 N–H and O–H groups in total. The Morgan fingerprint density at radius 1 is 1.03 bits per heavy atom. The molecule has 8 heteroatoms. The number of hydrogen-bond donors (Lipinski definition) is 2. The van der Waals surface area contributed by atoms with Gasteiger partial charge in [0, 0.05) is 6.04 Å². The van der Waals surface area contributed by atoms with Crippen molar-refractivity contribution in [2.45, 2.75) is 97.9 Å². The summed E-state index contributed by atoms with van der Waals surface area (Å²) in [4.78, 5) is 43.0. The molecule has 7 nitrogen and oxygen atoms in total. The normalized spacial score (nSPS) is 15.2. The molecular weight excluding hydrogens is 514 g/mol. The van der Waals surface area contributed by atoms with E-state index >= 15 is 0 Å². The first-order valence-corrected chi connectivity index (χ1v) is 14.1. The van der Waals surface area contributed by atoms with Crippen molar-refractivity contribution >= 4 is 35.2 Å². The number of rotatable bonds is 9. The van der Waals surface area contributed by atoms with E-state index in [9.17, 15) is 14.4 Å². The van der Waals surface area contributed by atoms with Gasteiger partial charge in [-0.15, -0.1) is 0 Å². The molecule has 1 fully saturated rings. The zero-order valence-electron chi connectivity index (χ0n) is 24.1. The van der Waals surface area contributed by atoms with Crippen LogP contribution in [-0.2, 0) is 14.3 Å². The van der Waals surface area contributed by atoms with Gasteiger partial charge in [-0.05, 0) is 89.0 Å². The van der Waals surface area contributed by atoms with Crippen molar-refractivity contribution < 1.29 is 19.1 Å². The van der Waals surface area contributed by atoms with Gasteiger partial charge in [-0.2, -0.15) is 0 Å². The number of anilines is 1. The number of ether oxygens (including phenoxy) is 1. The molecule has 3 rings (SSSR count). The number of alkyl carbamates (subject to hydrolysis) is 1. The fraction of sp³-hybridized carbons (Fsp3) is 0.516. The fourth-order valence-electron chi connectivity index (χ4n) is 4.80. The molecule has 1 saturated carbocycles. The summed E-state index contributed by atoms with van der Waals surface area (Å²) in [6.45, 7) is 13.1. The lowest BCUT2D eigenvalue weighted by Gasteiger charge is -2.44. The molecule has 0 aliphatic heterocycles. The average molecular weight is 556 g/mol. The quantitative estimate of drug-likeness (QED) is 0.350. The highest BCUT2D eigenvalue weighted by Crippen LogP contribution is 2.36. The number of nitrogens with zero attached hydrogens (tertiary/aromatic N) is 1. The number of benzene rings is 2. The number of carbonyl (C=O) groups excluding carboxylic acids is 3. The SMILES string of the molecule is Cc1ccccc1C(C(=O)Nc1c(C)cccc1Cl)N(C(=O)C(CC(C)C)NC(=O)OC(C)(C)C)C1CCC1. The number of nitrogens with one attached hydrogen (secondary N) is 2. The monoisotopic (exact) mass is 555 g/mol. The first-order chi connectivity index (χ1) is 18.3. The maximum atomic E-state index is 14.4. The van der Waals surface area contributed by atoms with Crippen molar-refractivity contribution in [1.82, 2.24) is 10.2 Å².